The van der Waals surface area contributed by atoms with E-state index in [4.69, 9.17) is 9.47 Å². The standard InChI is InChI=1S/C16H24N2O3/c1-4-14-17-15(12-8-6-5-7-9-12)16(19)18(14)10-13(21-3)11-20-2/h5-9,13-15,17H,4,10-11H2,1-3H3. The second-order valence-electron chi connectivity index (χ2n) is 5.24. The summed E-state index contributed by atoms with van der Waals surface area (Å²) >= 11 is 0. The van der Waals surface area contributed by atoms with Crippen molar-refractivity contribution in [1.29, 1.82) is 0 Å². The highest BCUT2D eigenvalue weighted by atomic mass is 16.5. The number of nitrogens with one attached hydrogen (secondary N) is 1. The summed E-state index contributed by atoms with van der Waals surface area (Å²) in [5.74, 6) is 0.103. The molecule has 2 rings (SSSR count). The lowest BCUT2D eigenvalue weighted by Gasteiger charge is -2.27. The second kappa shape index (κ2) is 7.54. The molecule has 5 nitrogen and oxygen atoms in total. The fourth-order valence-electron chi connectivity index (χ4n) is 2.71. The molecule has 116 valence electrons. The Morgan fingerprint density at radius 3 is 2.57 bits per heavy atom. The lowest BCUT2D eigenvalue weighted by Crippen LogP contribution is -2.43. The number of hydrogen-bond acceptors (Lipinski definition) is 4. The molecule has 1 N–H and O–H groups in total. The van der Waals surface area contributed by atoms with Gasteiger partial charge in [-0.3, -0.25) is 10.1 Å². The lowest BCUT2D eigenvalue weighted by molar-refractivity contribution is -0.132. The topological polar surface area (TPSA) is 50.8 Å². The van der Waals surface area contributed by atoms with Crippen molar-refractivity contribution in [3.05, 3.63) is 35.9 Å². The third kappa shape index (κ3) is 3.61. The van der Waals surface area contributed by atoms with Crippen molar-refractivity contribution < 1.29 is 14.3 Å². The summed E-state index contributed by atoms with van der Waals surface area (Å²) in [5.41, 5.74) is 1.00. The molecule has 1 saturated heterocycles. The van der Waals surface area contributed by atoms with Crippen LogP contribution in [0.2, 0.25) is 0 Å². The van der Waals surface area contributed by atoms with Crippen LogP contribution in [-0.4, -0.2) is 50.4 Å². The molecule has 0 bridgehead atoms. The van der Waals surface area contributed by atoms with Crippen LogP contribution in [0.5, 0.6) is 0 Å². The van der Waals surface area contributed by atoms with Crippen molar-refractivity contribution >= 4 is 5.91 Å². The predicted molar refractivity (Wildman–Crippen MR) is 80.8 cm³/mol. The first kappa shape index (κ1) is 15.9. The Balaban J connectivity index is 2.12. The van der Waals surface area contributed by atoms with Gasteiger partial charge in [0, 0.05) is 14.2 Å². The van der Waals surface area contributed by atoms with Crippen molar-refractivity contribution in [3.63, 3.8) is 0 Å². The molecular weight excluding hydrogens is 268 g/mol. The van der Waals surface area contributed by atoms with Crippen LogP contribution in [0.3, 0.4) is 0 Å². The molecule has 0 spiro atoms. The SMILES string of the molecule is CCC1NC(c2ccccc2)C(=O)N1CC(COC)OC. The number of benzene rings is 1. The summed E-state index contributed by atoms with van der Waals surface area (Å²) in [6, 6.07) is 9.56. The summed E-state index contributed by atoms with van der Waals surface area (Å²) in [7, 11) is 3.29. The molecule has 1 amide bonds. The van der Waals surface area contributed by atoms with Crippen molar-refractivity contribution in [1.82, 2.24) is 10.2 Å². The van der Waals surface area contributed by atoms with Gasteiger partial charge in [0.2, 0.25) is 5.91 Å². The fourth-order valence-corrected chi connectivity index (χ4v) is 2.71. The zero-order valence-corrected chi connectivity index (χ0v) is 12.9. The van der Waals surface area contributed by atoms with Gasteiger partial charge in [0.25, 0.3) is 0 Å². The van der Waals surface area contributed by atoms with E-state index in [2.05, 4.69) is 12.2 Å². The van der Waals surface area contributed by atoms with Gasteiger partial charge in [-0.1, -0.05) is 37.3 Å². The first-order chi connectivity index (χ1) is 10.2. The smallest absolute Gasteiger partial charge is 0.245 e. The third-order valence-corrected chi connectivity index (χ3v) is 3.87. The van der Waals surface area contributed by atoms with Gasteiger partial charge >= 0.3 is 0 Å². The van der Waals surface area contributed by atoms with Gasteiger partial charge < -0.3 is 14.4 Å². The molecule has 3 atom stereocenters. The van der Waals surface area contributed by atoms with Crippen LogP contribution in [0.15, 0.2) is 30.3 Å². The number of nitrogens with zero attached hydrogens (tertiary/aromatic N) is 1. The van der Waals surface area contributed by atoms with Gasteiger partial charge in [-0.05, 0) is 12.0 Å². The summed E-state index contributed by atoms with van der Waals surface area (Å²) in [6.45, 7) is 3.09. The van der Waals surface area contributed by atoms with E-state index in [1.165, 1.54) is 0 Å². The Morgan fingerprint density at radius 2 is 2.00 bits per heavy atom. The number of hydrogen-bond donors (Lipinski definition) is 1. The highest BCUT2D eigenvalue weighted by molar-refractivity contribution is 5.85. The summed E-state index contributed by atoms with van der Waals surface area (Å²) < 4.78 is 10.5. The molecule has 0 aliphatic carbocycles. The van der Waals surface area contributed by atoms with Crippen LogP contribution >= 0.6 is 0 Å². The van der Waals surface area contributed by atoms with E-state index in [1.54, 1.807) is 14.2 Å². The Hall–Kier alpha value is -1.43. The molecule has 21 heavy (non-hydrogen) atoms. The van der Waals surface area contributed by atoms with E-state index >= 15 is 0 Å². The van der Waals surface area contributed by atoms with Gasteiger partial charge in [0.15, 0.2) is 0 Å². The van der Waals surface area contributed by atoms with Crippen molar-refractivity contribution in [2.75, 3.05) is 27.4 Å². The lowest BCUT2D eigenvalue weighted by atomic mass is 10.1. The normalized spacial score (nSPS) is 23.6. The molecule has 1 aromatic rings. The van der Waals surface area contributed by atoms with E-state index in [9.17, 15) is 4.79 Å². The van der Waals surface area contributed by atoms with Gasteiger partial charge in [-0.2, -0.15) is 0 Å². The number of methoxy groups -OCH3 is 2. The van der Waals surface area contributed by atoms with Crippen LogP contribution in [0, 0.1) is 0 Å². The minimum atomic E-state index is -0.267. The molecule has 3 unspecified atom stereocenters. The zero-order chi connectivity index (χ0) is 15.2. The highest BCUT2D eigenvalue weighted by Crippen LogP contribution is 2.25. The second-order valence-corrected chi connectivity index (χ2v) is 5.24. The third-order valence-electron chi connectivity index (χ3n) is 3.87. The Labute approximate surface area is 126 Å². The first-order valence-electron chi connectivity index (χ1n) is 7.34. The minimum Gasteiger partial charge on any atom is -0.382 e. The molecule has 0 saturated carbocycles. The maximum absolute atomic E-state index is 12.7. The molecular formula is C16H24N2O3. The van der Waals surface area contributed by atoms with Gasteiger partial charge in [-0.15, -0.1) is 0 Å². The molecule has 1 aliphatic rings. The van der Waals surface area contributed by atoms with E-state index in [-0.39, 0.29) is 24.2 Å². The zero-order valence-electron chi connectivity index (χ0n) is 12.9. The van der Waals surface area contributed by atoms with Crippen molar-refractivity contribution in [2.45, 2.75) is 31.7 Å². The van der Waals surface area contributed by atoms with E-state index in [0.29, 0.717) is 13.2 Å². The fraction of sp³-hybridized carbons (Fsp3) is 0.562. The van der Waals surface area contributed by atoms with Crippen molar-refractivity contribution in [2.24, 2.45) is 0 Å². The monoisotopic (exact) mass is 292 g/mol. The maximum Gasteiger partial charge on any atom is 0.245 e. The summed E-state index contributed by atoms with van der Waals surface area (Å²) in [4.78, 5) is 14.6. The number of carbonyl (C=O) groups is 1. The molecule has 1 fully saturated rings. The van der Waals surface area contributed by atoms with Crippen LogP contribution in [0.1, 0.15) is 24.9 Å². The predicted octanol–water partition coefficient (Wildman–Crippen LogP) is 1.56. The average molecular weight is 292 g/mol. The average Bonchev–Trinajstić information content (AvgIpc) is 2.84. The Bertz CT molecular complexity index is 452. The van der Waals surface area contributed by atoms with E-state index < -0.39 is 0 Å². The van der Waals surface area contributed by atoms with Gasteiger partial charge in [-0.25, -0.2) is 0 Å². The number of rotatable bonds is 7. The molecule has 1 aromatic carbocycles. The molecule has 0 radical (unpaired) electrons. The van der Waals surface area contributed by atoms with Gasteiger partial charge in [0.1, 0.15) is 6.04 Å². The number of ether oxygens (including phenoxy) is 2. The Morgan fingerprint density at radius 1 is 1.29 bits per heavy atom. The minimum absolute atomic E-state index is 0.0391. The van der Waals surface area contributed by atoms with E-state index in [1.807, 2.05) is 35.2 Å². The highest BCUT2D eigenvalue weighted by Gasteiger charge is 2.39. The quantitative estimate of drug-likeness (QED) is 0.828. The largest absolute Gasteiger partial charge is 0.382 e. The van der Waals surface area contributed by atoms with Gasteiger partial charge in [0.05, 0.1) is 25.4 Å². The molecule has 0 aromatic heterocycles. The summed E-state index contributed by atoms with van der Waals surface area (Å²) in [6.07, 6.45) is 0.792. The number of carbonyl (C=O) groups excluding carboxylic acids is 1. The Kier molecular flexibility index (Phi) is 5.73. The van der Waals surface area contributed by atoms with E-state index in [0.717, 1.165) is 12.0 Å². The van der Waals surface area contributed by atoms with Crippen LogP contribution in [0.25, 0.3) is 0 Å². The van der Waals surface area contributed by atoms with Crippen LogP contribution in [-0.2, 0) is 14.3 Å². The maximum atomic E-state index is 12.7. The molecule has 1 heterocycles. The number of amides is 1. The summed E-state index contributed by atoms with van der Waals surface area (Å²) in [5, 5.41) is 3.41. The first-order valence-corrected chi connectivity index (χ1v) is 7.34. The van der Waals surface area contributed by atoms with Crippen molar-refractivity contribution in [3.8, 4) is 0 Å². The molecule has 1 aliphatic heterocycles. The van der Waals surface area contributed by atoms with Crippen LogP contribution in [0.4, 0.5) is 0 Å². The van der Waals surface area contributed by atoms with Crippen LogP contribution < -0.4 is 5.32 Å². The molecule has 5 heteroatoms.